The Labute approximate surface area is 106 Å². The van der Waals surface area contributed by atoms with E-state index in [-0.39, 0.29) is 0 Å². The zero-order chi connectivity index (χ0) is 12.4. The first-order chi connectivity index (χ1) is 8.85. The third-order valence-electron chi connectivity index (χ3n) is 2.83. The van der Waals surface area contributed by atoms with Gasteiger partial charge < -0.3 is 4.74 Å². The molecule has 2 aromatic rings. The summed E-state index contributed by atoms with van der Waals surface area (Å²) < 4.78 is 5.75. The summed E-state index contributed by atoms with van der Waals surface area (Å²) in [7, 11) is 2.06. The van der Waals surface area contributed by atoms with Crippen LogP contribution in [-0.4, -0.2) is 7.28 Å². The highest BCUT2D eigenvalue weighted by Gasteiger charge is 2.07. The van der Waals surface area contributed by atoms with Crippen LogP contribution in [0.4, 0.5) is 0 Å². The maximum Gasteiger partial charge on any atom is 0.182 e. The van der Waals surface area contributed by atoms with E-state index in [1.54, 1.807) is 24.3 Å². The van der Waals surface area contributed by atoms with E-state index in [0.29, 0.717) is 5.56 Å². The summed E-state index contributed by atoms with van der Waals surface area (Å²) >= 11 is 0. The SMILES string of the molecule is N#Cc1ccc(Oc2ccc3c(c2)[B]C=C3)cc1. The second-order valence-electron chi connectivity index (χ2n) is 4.05. The van der Waals surface area contributed by atoms with Gasteiger partial charge in [0, 0.05) is 0 Å². The van der Waals surface area contributed by atoms with E-state index >= 15 is 0 Å². The Balaban J connectivity index is 1.82. The first-order valence-corrected chi connectivity index (χ1v) is 5.69. The third kappa shape index (κ3) is 2.01. The van der Waals surface area contributed by atoms with Gasteiger partial charge in [0.25, 0.3) is 0 Å². The molecular weight excluding hydrogens is 221 g/mol. The zero-order valence-corrected chi connectivity index (χ0v) is 9.63. The van der Waals surface area contributed by atoms with Gasteiger partial charge in [0.2, 0.25) is 0 Å². The Morgan fingerprint density at radius 3 is 2.56 bits per heavy atom. The van der Waals surface area contributed by atoms with E-state index in [1.165, 1.54) is 11.0 Å². The molecule has 0 aromatic heterocycles. The van der Waals surface area contributed by atoms with Gasteiger partial charge in [-0.2, -0.15) is 5.26 Å². The standard InChI is InChI=1S/C15H9BNO/c17-10-11-1-4-13(5-2-11)18-14-6-3-12-7-8-16-15(12)9-14/h1-9H. The van der Waals surface area contributed by atoms with Gasteiger partial charge in [-0.15, -0.1) is 5.98 Å². The molecule has 1 aliphatic heterocycles. The van der Waals surface area contributed by atoms with Crippen molar-refractivity contribution in [2.24, 2.45) is 0 Å². The van der Waals surface area contributed by atoms with E-state index in [2.05, 4.69) is 19.4 Å². The molecule has 0 amide bonds. The first kappa shape index (κ1) is 10.7. The summed E-state index contributed by atoms with van der Waals surface area (Å²) in [5.41, 5.74) is 3.01. The minimum absolute atomic E-state index is 0.633. The molecule has 0 N–H and O–H groups in total. The van der Waals surface area contributed by atoms with Crippen molar-refractivity contribution in [3.8, 4) is 17.6 Å². The monoisotopic (exact) mass is 230 g/mol. The Bertz CT molecular complexity index is 653. The fraction of sp³-hybridized carbons (Fsp3) is 0. The van der Waals surface area contributed by atoms with Gasteiger partial charge in [-0.3, -0.25) is 0 Å². The Morgan fingerprint density at radius 2 is 1.78 bits per heavy atom. The van der Waals surface area contributed by atoms with Crippen LogP contribution < -0.4 is 10.2 Å². The van der Waals surface area contributed by atoms with Crippen molar-refractivity contribution in [2.45, 2.75) is 0 Å². The van der Waals surface area contributed by atoms with Crippen molar-refractivity contribution in [1.82, 2.24) is 0 Å². The van der Waals surface area contributed by atoms with Crippen molar-refractivity contribution in [3.63, 3.8) is 0 Å². The minimum Gasteiger partial charge on any atom is -0.457 e. The summed E-state index contributed by atoms with van der Waals surface area (Å²) in [6, 6.07) is 15.2. The van der Waals surface area contributed by atoms with Crippen molar-refractivity contribution in [3.05, 3.63) is 59.6 Å². The number of hydrogen-bond donors (Lipinski definition) is 0. The van der Waals surface area contributed by atoms with Gasteiger partial charge in [-0.1, -0.05) is 17.6 Å². The maximum absolute atomic E-state index is 8.72. The van der Waals surface area contributed by atoms with Crippen molar-refractivity contribution < 1.29 is 4.74 Å². The van der Waals surface area contributed by atoms with Gasteiger partial charge in [-0.25, -0.2) is 0 Å². The van der Waals surface area contributed by atoms with Crippen LogP contribution in [0.25, 0.3) is 6.08 Å². The van der Waals surface area contributed by atoms with Gasteiger partial charge in [0.15, 0.2) is 7.28 Å². The predicted octanol–water partition coefficient (Wildman–Crippen LogP) is 2.66. The number of ether oxygens (including phenoxy) is 1. The topological polar surface area (TPSA) is 33.0 Å². The molecule has 3 rings (SSSR count). The van der Waals surface area contributed by atoms with Crippen LogP contribution in [0.5, 0.6) is 11.5 Å². The molecule has 83 valence electrons. The minimum atomic E-state index is 0.633. The maximum atomic E-state index is 8.72. The van der Waals surface area contributed by atoms with Crippen molar-refractivity contribution in [2.75, 3.05) is 0 Å². The largest absolute Gasteiger partial charge is 0.457 e. The second kappa shape index (κ2) is 4.42. The predicted molar refractivity (Wildman–Crippen MR) is 72.1 cm³/mol. The van der Waals surface area contributed by atoms with Crippen LogP contribution in [0.1, 0.15) is 11.1 Å². The van der Waals surface area contributed by atoms with Gasteiger partial charge >= 0.3 is 0 Å². The number of fused-ring (bicyclic) bond motifs is 1. The molecule has 0 saturated heterocycles. The van der Waals surface area contributed by atoms with Crippen LogP contribution in [0, 0.1) is 11.3 Å². The summed E-state index contributed by atoms with van der Waals surface area (Å²) in [5, 5.41) is 8.72. The third-order valence-corrected chi connectivity index (χ3v) is 2.83. The quantitative estimate of drug-likeness (QED) is 0.743. The number of hydrogen-bond acceptors (Lipinski definition) is 2. The van der Waals surface area contributed by atoms with Crippen molar-refractivity contribution >= 4 is 18.8 Å². The van der Waals surface area contributed by atoms with Crippen molar-refractivity contribution in [1.29, 1.82) is 5.26 Å². The number of rotatable bonds is 2. The van der Waals surface area contributed by atoms with Crippen LogP contribution in [-0.2, 0) is 0 Å². The lowest BCUT2D eigenvalue weighted by Crippen LogP contribution is -2.10. The lowest BCUT2D eigenvalue weighted by molar-refractivity contribution is 0.483. The fourth-order valence-electron chi connectivity index (χ4n) is 1.90. The highest BCUT2D eigenvalue weighted by atomic mass is 16.5. The average molecular weight is 230 g/mol. The van der Waals surface area contributed by atoms with E-state index in [1.807, 2.05) is 24.2 Å². The lowest BCUT2D eigenvalue weighted by atomic mass is 9.73. The van der Waals surface area contributed by atoms with Gasteiger partial charge in [0.05, 0.1) is 11.6 Å². The molecule has 1 heterocycles. The molecule has 2 aromatic carbocycles. The van der Waals surface area contributed by atoms with Crippen LogP contribution >= 0.6 is 0 Å². The van der Waals surface area contributed by atoms with Gasteiger partial charge in [-0.05, 0) is 42.0 Å². The molecular formula is C15H9BNO. The second-order valence-corrected chi connectivity index (χ2v) is 4.05. The van der Waals surface area contributed by atoms with E-state index in [0.717, 1.165) is 11.5 Å². The Kier molecular flexibility index (Phi) is 2.62. The summed E-state index contributed by atoms with van der Waals surface area (Å²) in [6.45, 7) is 0. The molecule has 3 heteroatoms. The normalized spacial score (nSPS) is 11.5. The summed E-state index contributed by atoms with van der Waals surface area (Å²) in [5.74, 6) is 3.56. The molecule has 18 heavy (non-hydrogen) atoms. The molecule has 0 atom stereocenters. The average Bonchev–Trinajstić information content (AvgIpc) is 2.87. The molecule has 0 fully saturated rings. The summed E-state index contributed by atoms with van der Waals surface area (Å²) in [6.07, 6.45) is 2.07. The van der Waals surface area contributed by atoms with Crippen LogP contribution in [0.2, 0.25) is 0 Å². The Morgan fingerprint density at radius 1 is 1.00 bits per heavy atom. The lowest BCUT2D eigenvalue weighted by Gasteiger charge is -2.07. The zero-order valence-electron chi connectivity index (χ0n) is 9.63. The molecule has 0 unspecified atom stereocenters. The number of nitriles is 1. The van der Waals surface area contributed by atoms with E-state index in [4.69, 9.17) is 10.00 Å². The molecule has 2 nitrogen and oxygen atoms in total. The molecule has 0 spiro atoms. The Hall–Kier alpha value is -2.47. The van der Waals surface area contributed by atoms with Crippen LogP contribution in [0.3, 0.4) is 0 Å². The van der Waals surface area contributed by atoms with E-state index < -0.39 is 0 Å². The highest BCUT2D eigenvalue weighted by Crippen LogP contribution is 2.22. The molecule has 0 aliphatic carbocycles. The molecule has 0 bridgehead atoms. The molecule has 1 aliphatic rings. The number of benzene rings is 2. The fourth-order valence-corrected chi connectivity index (χ4v) is 1.90. The van der Waals surface area contributed by atoms with Gasteiger partial charge in [0.1, 0.15) is 11.5 Å². The van der Waals surface area contributed by atoms with Crippen LogP contribution in [0.15, 0.2) is 48.4 Å². The molecule has 0 saturated carbocycles. The first-order valence-electron chi connectivity index (χ1n) is 5.69. The smallest absolute Gasteiger partial charge is 0.182 e. The van der Waals surface area contributed by atoms with E-state index in [9.17, 15) is 0 Å². The number of nitrogens with zero attached hydrogens (tertiary/aromatic N) is 1. The summed E-state index contributed by atoms with van der Waals surface area (Å²) in [4.78, 5) is 0. The highest BCUT2D eigenvalue weighted by molar-refractivity contribution is 6.62. The molecule has 1 radical (unpaired) electrons.